The van der Waals surface area contributed by atoms with Crippen LogP contribution in [0.5, 0.6) is 0 Å². The molecule has 1 N–H and O–H groups in total. The van der Waals surface area contributed by atoms with Crippen LogP contribution in [0.3, 0.4) is 0 Å². The van der Waals surface area contributed by atoms with Gasteiger partial charge in [0, 0.05) is 51.5 Å². The molecule has 1 aliphatic heterocycles. The van der Waals surface area contributed by atoms with Crippen molar-refractivity contribution in [2.45, 2.75) is 25.8 Å². The first-order valence-corrected chi connectivity index (χ1v) is 8.76. The van der Waals surface area contributed by atoms with Crippen molar-refractivity contribution < 1.29 is 32.7 Å². The maximum Gasteiger partial charge on any atom is 0.290 e. The maximum absolute atomic E-state index is 13.4. The van der Waals surface area contributed by atoms with Gasteiger partial charge in [-0.2, -0.15) is 0 Å². The van der Waals surface area contributed by atoms with Crippen molar-refractivity contribution in [3.63, 3.8) is 0 Å². The zero-order valence-corrected chi connectivity index (χ0v) is 16.0. The predicted molar refractivity (Wildman–Crippen MR) is 97.6 cm³/mol. The van der Waals surface area contributed by atoms with E-state index in [2.05, 4.69) is 4.98 Å². The van der Waals surface area contributed by atoms with Crippen LogP contribution in [-0.2, 0) is 27.3 Å². The van der Waals surface area contributed by atoms with Gasteiger partial charge >= 0.3 is 0 Å². The molecule has 3 rings (SSSR count). The molecular weight excluding hydrogens is 388 g/mol. The highest BCUT2D eigenvalue weighted by molar-refractivity contribution is 5.83. The third-order valence-corrected chi connectivity index (χ3v) is 4.24. The van der Waals surface area contributed by atoms with Gasteiger partial charge in [0.05, 0.1) is 6.54 Å². The molecule has 29 heavy (non-hydrogen) atoms. The molecule has 2 amide bonds. The van der Waals surface area contributed by atoms with Gasteiger partial charge in [0.15, 0.2) is 0 Å². The highest BCUT2D eigenvalue weighted by Gasteiger charge is 2.26. The van der Waals surface area contributed by atoms with Crippen LogP contribution >= 0.6 is 0 Å². The molecule has 0 unspecified atom stereocenters. The molecule has 2 aromatic rings. The van der Waals surface area contributed by atoms with Gasteiger partial charge in [0.25, 0.3) is 6.47 Å². The van der Waals surface area contributed by atoms with E-state index >= 15 is 0 Å². The number of amides is 2. The van der Waals surface area contributed by atoms with Gasteiger partial charge < -0.3 is 19.3 Å². The zero-order valence-electron chi connectivity index (χ0n) is 16.0. The van der Waals surface area contributed by atoms with Crippen LogP contribution in [0, 0.1) is 11.6 Å². The van der Waals surface area contributed by atoms with Gasteiger partial charge in [-0.05, 0) is 12.1 Å². The average molecular weight is 409 g/mol. The minimum Gasteiger partial charge on any atom is -0.483 e. The number of carboxylic acid groups (broad SMARTS) is 1. The Balaban J connectivity index is 0.000000941. The van der Waals surface area contributed by atoms with Crippen LogP contribution in [-0.4, -0.2) is 58.8 Å². The Morgan fingerprint density at radius 1 is 1.24 bits per heavy atom. The molecule has 0 saturated carbocycles. The van der Waals surface area contributed by atoms with Gasteiger partial charge in [0.1, 0.15) is 23.1 Å². The summed E-state index contributed by atoms with van der Waals surface area (Å²) < 4.78 is 32.4. The minimum absolute atomic E-state index is 0.104. The van der Waals surface area contributed by atoms with Crippen LogP contribution in [0.4, 0.5) is 8.78 Å². The normalized spacial score (nSPS) is 12.5. The van der Waals surface area contributed by atoms with Crippen LogP contribution in [0.15, 0.2) is 22.6 Å². The van der Waals surface area contributed by atoms with Gasteiger partial charge in [-0.25, -0.2) is 13.8 Å². The molecule has 0 aliphatic carbocycles. The number of halogens is 2. The highest BCUT2D eigenvalue weighted by atomic mass is 19.1. The van der Waals surface area contributed by atoms with E-state index < -0.39 is 11.6 Å². The summed E-state index contributed by atoms with van der Waals surface area (Å²) >= 11 is 0. The minimum atomic E-state index is -0.710. The van der Waals surface area contributed by atoms with Crippen LogP contribution in [0.1, 0.15) is 24.3 Å². The summed E-state index contributed by atoms with van der Waals surface area (Å²) in [6, 6.07) is 3.08. The van der Waals surface area contributed by atoms with Crippen LogP contribution in [0.25, 0.3) is 11.5 Å². The van der Waals surface area contributed by atoms with Gasteiger partial charge in [-0.15, -0.1) is 0 Å². The van der Waals surface area contributed by atoms with Crippen molar-refractivity contribution in [3.8, 4) is 11.5 Å². The average Bonchev–Trinajstić information content (AvgIpc) is 3.09. The smallest absolute Gasteiger partial charge is 0.290 e. The second-order valence-electron chi connectivity index (χ2n) is 6.51. The zero-order chi connectivity index (χ0) is 21.6. The third-order valence-electron chi connectivity index (χ3n) is 4.24. The number of benzene rings is 1. The number of carbonyl (C=O) groups is 3. The van der Waals surface area contributed by atoms with E-state index in [1.165, 1.54) is 4.90 Å². The number of carbonyl (C=O) groups excluding carboxylic acids is 2. The molecule has 2 heterocycles. The number of fused-ring (bicyclic) bond motifs is 1. The lowest BCUT2D eigenvalue weighted by Gasteiger charge is -2.25. The number of rotatable bonds is 4. The summed E-state index contributed by atoms with van der Waals surface area (Å²) in [5, 5.41) is 6.89. The largest absolute Gasteiger partial charge is 0.483 e. The summed E-state index contributed by atoms with van der Waals surface area (Å²) in [5.74, 6) is -0.916. The van der Waals surface area contributed by atoms with E-state index in [0.717, 1.165) is 18.2 Å². The van der Waals surface area contributed by atoms with E-state index in [0.29, 0.717) is 24.4 Å². The Labute approximate surface area is 165 Å². The standard InChI is InChI=1S/C18H19F2N3O3.CH2O2/c1-22(2)16(24)3-4-17(25)23-6-5-15-14(10-23)21-18(26-15)11-7-12(19)9-13(20)8-11;2-1-3/h7-9H,3-6,10H2,1-2H3;1H,(H,2,3). The predicted octanol–water partition coefficient (Wildman–Crippen LogP) is 2.07. The van der Waals surface area contributed by atoms with Crippen molar-refractivity contribution in [1.29, 1.82) is 0 Å². The van der Waals surface area contributed by atoms with Crippen molar-refractivity contribution in [2.24, 2.45) is 0 Å². The quantitative estimate of drug-likeness (QED) is 0.776. The second kappa shape index (κ2) is 9.76. The molecule has 1 aromatic heterocycles. The SMILES string of the molecule is CN(C)C(=O)CCC(=O)N1CCc2oc(-c3cc(F)cc(F)c3)nc2C1.O=CO. The number of oxazole rings is 1. The Morgan fingerprint density at radius 2 is 1.86 bits per heavy atom. The van der Waals surface area contributed by atoms with Crippen LogP contribution < -0.4 is 0 Å². The summed E-state index contributed by atoms with van der Waals surface area (Å²) in [6.45, 7) is 0.458. The molecule has 0 atom stereocenters. The summed E-state index contributed by atoms with van der Waals surface area (Å²) in [6.07, 6.45) is 0.751. The van der Waals surface area contributed by atoms with Crippen molar-refractivity contribution >= 4 is 18.3 Å². The summed E-state index contributed by atoms with van der Waals surface area (Å²) in [7, 11) is 3.29. The van der Waals surface area contributed by atoms with E-state index in [9.17, 15) is 18.4 Å². The molecule has 10 heteroatoms. The van der Waals surface area contributed by atoms with E-state index in [4.69, 9.17) is 14.3 Å². The first-order valence-electron chi connectivity index (χ1n) is 8.76. The number of hydrogen-bond donors (Lipinski definition) is 1. The Bertz CT molecular complexity index is 878. The molecular formula is C19H21F2N3O5. The van der Waals surface area contributed by atoms with Gasteiger partial charge in [-0.1, -0.05) is 0 Å². The summed E-state index contributed by atoms with van der Waals surface area (Å²) in [4.78, 5) is 39.6. The molecule has 0 fully saturated rings. The van der Waals surface area contributed by atoms with Gasteiger partial charge in [0.2, 0.25) is 17.7 Å². The molecule has 0 spiro atoms. The second-order valence-corrected chi connectivity index (χ2v) is 6.51. The Hall–Kier alpha value is -3.30. The third kappa shape index (κ3) is 5.84. The molecule has 156 valence electrons. The lowest BCUT2D eigenvalue weighted by atomic mass is 10.1. The van der Waals surface area contributed by atoms with E-state index in [-0.39, 0.29) is 49.1 Å². The van der Waals surface area contributed by atoms with Crippen molar-refractivity contribution in [1.82, 2.24) is 14.8 Å². The fourth-order valence-corrected chi connectivity index (χ4v) is 2.81. The molecule has 8 nitrogen and oxygen atoms in total. The van der Waals surface area contributed by atoms with E-state index in [1.54, 1.807) is 19.0 Å². The first-order chi connectivity index (χ1) is 13.7. The molecule has 1 aliphatic rings. The number of hydrogen-bond acceptors (Lipinski definition) is 5. The molecule has 0 saturated heterocycles. The highest BCUT2D eigenvalue weighted by Crippen LogP contribution is 2.27. The number of nitrogens with zero attached hydrogens (tertiary/aromatic N) is 3. The van der Waals surface area contributed by atoms with Crippen molar-refractivity contribution in [2.75, 3.05) is 20.6 Å². The van der Waals surface area contributed by atoms with E-state index in [1.807, 2.05) is 0 Å². The van der Waals surface area contributed by atoms with Crippen molar-refractivity contribution in [3.05, 3.63) is 41.3 Å². The molecule has 0 radical (unpaired) electrons. The topological polar surface area (TPSA) is 104 Å². The maximum atomic E-state index is 13.4. The first kappa shape index (κ1) is 22.0. The summed E-state index contributed by atoms with van der Waals surface area (Å²) in [5.41, 5.74) is 0.787. The van der Waals surface area contributed by atoms with Gasteiger partial charge in [-0.3, -0.25) is 14.4 Å². The number of aromatic nitrogens is 1. The fraction of sp³-hybridized carbons (Fsp3) is 0.368. The Morgan fingerprint density at radius 3 is 2.45 bits per heavy atom. The lowest BCUT2D eigenvalue weighted by Crippen LogP contribution is -2.36. The molecule has 1 aromatic carbocycles. The molecule has 0 bridgehead atoms. The Kier molecular flexibility index (Phi) is 7.40. The lowest BCUT2D eigenvalue weighted by molar-refractivity contribution is -0.136. The fourth-order valence-electron chi connectivity index (χ4n) is 2.81. The monoisotopic (exact) mass is 409 g/mol. The van der Waals surface area contributed by atoms with Crippen LogP contribution in [0.2, 0.25) is 0 Å².